The summed E-state index contributed by atoms with van der Waals surface area (Å²) in [6.07, 6.45) is 16.5. The SMILES string of the molecule is C=CCC=CC=CC.CCc1c[nH]c(CC)c1CC.[Ru]. The molecule has 0 aromatic carbocycles. The Kier molecular flexibility index (Phi) is 15.6. The van der Waals surface area contributed by atoms with Gasteiger partial charge in [0, 0.05) is 31.4 Å². The summed E-state index contributed by atoms with van der Waals surface area (Å²) in [4.78, 5) is 3.33. The van der Waals surface area contributed by atoms with Crippen LogP contribution in [0.1, 0.15) is 50.9 Å². The van der Waals surface area contributed by atoms with Crippen molar-refractivity contribution < 1.29 is 19.5 Å². The fourth-order valence-electron chi connectivity index (χ4n) is 1.98. The Morgan fingerprint density at radius 1 is 1.10 bits per heavy atom. The average Bonchev–Trinajstić information content (AvgIpc) is 2.86. The maximum Gasteiger partial charge on any atom is 0.0179 e. The standard InChI is InChI=1S/C10H17N.C8H12.Ru/c1-4-8-7-11-10(6-3)9(8)5-2;1-3-5-7-8-6-4-2;/h7,11H,4-6H2,1-3H3;3-4,6-8H,1,5H2,2H3;. The molecular formula is C18H29NRu. The van der Waals surface area contributed by atoms with Crippen LogP contribution in [0.2, 0.25) is 0 Å². The van der Waals surface area contributed by atoms with Crippen LogP contribution in [0.25, 0.3) is 0 Å². The number of aromatic nitrogens is 1. The molecule has 0 unspecified atom stereocenters. The van der Waals surface area contributed by atoms with E-state index in [-0.39, 0.29) is 19.5 Å². The number of hydrogen-bond acceptors (Lipinski definition) is 0. The summed E-state index contributed by atoms with van der Waals surface area (Å²) in [6.45, 7) is 12.2. The van der Waals surface area contributed by atoms with Gasteiger partial charge in [-0.1, -0.05) is 51.2 Å². The summed E-state index contributed by atoms with van der Waals surface area (Å²) < 4.78 is 0. The number of H-pyrrole nitrogens is 1. The van der Waals surface area contributed by atoms with E-state index in [2.05, 4.69) is 44.6 Å². The average molecular weight is 361 g/mol. The summed E-state index contributed by atoms with van der Waals surface area (Å²) in [6, 6.07) is 0. The predicted octanol–water partition coefficient (Wildman–Crippen LogP) is 5.39. The second-order valence-corrected chi connectivity index (χ2v) is 4.31. The van der Waals surface area contributed by atoms with Crippen LogP contribution < -0.4 is 0 Å². The smallest absolute Gasteiger partial charge is 0.0179 e. The van der Waals surface area contributed by atoms with E-state index in [1.807, 2.05) is 31.2 Å². The summed E-state index contributed by atoms with van der Waals surface area (Å²) in [5.74, 6) is 0. The molecule has 20 heavy (non-hydrogen) atoms. The minimum Gasteiger partial charge on any atom is -0.364 e. The van der Waals surface area contributed by atoms with E-state index < -0.39 is 0 Å². The number of rotatable bonds is 6. The van der Waals surface area contributed by atoms with Gasteiger partial charge in [0.1, 0.15) is 0 Å². The van der Waals surface area contributed by atoms with E-state index in [0.29, 0.717) is 0 Å². The predicted molar refractivity (Wildman–Crippen MR) is 87.7 cm³/mol. The van der Waals surface area contributed by atoms with E-state index in [1.54, 1.807) is 0 Å². The Morgan fingerprint density at radius 3 is 2.25 bits per heavy atom. The van der Waals surface area contributed by atoms with Crippen LogP contribution in [0.3, 0.4) is 0 Å². The maximum absolute atomic E-state index is 3.58. The van der Waals surface area contributed by atoms with Gasteiger partial charge in [-0.2, -0.15) is 0 Å². The molecule has 0 radical (unpaired) electrons. The Bertz CT molecular complexity index is 378. The van der Waals surface area contributed by atoms with Crippen LogP contribution >= 0.6 is 0 Å². The van der Waals surface area contributed by atoms with E-state index in [4.69, 9.17) is 0 Å². The van der Waals surface area contributed by atoms with Crippen molar-refractivity contribution in [1.82, 2.24) is 4.98 Å². The van der Waals surface area contributed by atoms with Gasteiger partial charge in [0.2, 0.25) is 0 Å². The number of hydrogen-bond donors (Lipinski definition) is 1. The summed E-state index contributed by atoms with van der Waals surface area (Å²) in [7, 11) is 0. The van der Waals surface area contributed by atoms with Gasteiger partial charge >= 0.3 is 0 Å². The number of aryl methyl sites for hydroxylation is 2. The third-order valence-corrected chi connectivity index (χ3v) is 3.00. The van der Waals surface area contributed by atoms with Gasteiger partial charge in [-0.05, 0) is 43.7 Å². The molecule has 114 valence electrons. The minimum atomic E-state index is 0. The summed E-state index contributed by atoms with van der Waals surface area (Å²) >= 11 is 0. The molecule has 0 amide bonds. The van der Waals surface area contributed by atoms with Crippen LogP contribution in [-0.2, 0) is 38.7 Å². The molecule has 0 atom stereocenters. The molecule has 1 nitrogen and oxygen atoms in total. The van der Waals surface area contributed by atoms with Gasteiger partial charge in [0.25, 0.3) is 0 Å². The van der Waals surface area contributed by atoms with E-state index in [0.717, 1.165) is 25.7 Å². The van der Waals surface area contributed by atoms with Crippen molar-refractivity contribution >= 4 is 0 Å². The van der Waals surface area contributed by atoms with Gasteiger partial charge in [-0.25, -0.2) is 0 Å². The molecule has 0 aliphatic carbocycles. The Labute approximate surface area is 138 Å². The number of aromatic amines is 1. The van der Waals surface area contributed by atoms with Crippen molar-refractivity contribution in [2.45, 2.75) is 53.4 Å². The number of nitrogens with one attached hydrogen (secondary N) is 1. The third kappa shape index (κ3) is 8.33. The van der Waals surface area contributed by atoms with Gasteiger partial charge in [-0.15, -0.1) is 6.58 Å². The molecule has 0 aliphatic heterocycles. The quantitative estimate of drug-likeness (QED) is 0.397. The van der Waals surface area contributed by atoms with Crippen LogP contribution in [0.15, 0.2) is 43.2 Å². The van der Waals surface area contributed by atoms with Crippen molar-refractivity contribution in [2.24, 2.45) is 0 Å². The first-order valence-electron chi connectivity index (χ1n) is 7.31. The zero-order chi connectivity index (χ0) is 14.5. The largest absolute Gasteiger partial charge is 0.364 e. The van der Waals surface area contributed by atoms with Crippen molar-refractivity contribution in [2.75, 3.05) is 0 Å². The fourth-order valence-corrected chi connectivity index (χ4v) is 1.98. The third-order valence-electron chi connectivity index (χ3n) is 3.00. The van der Waals surface area contributed by atoms with Crippen molar-refractivity contribution in [3.05, 3.63) is 60.0 Å². The molecule has 1 rings (SSSR count). The van der Waals surface area contributed by atoms with Crippen LogP contribution in [0.4, 0.5) is 0 Å². The number of allylic oxidation sites excluding steroid dienone is 5. The molecule has 2 heteroatoms. The monoisotopic (exact) mass is 361 g/mol. The summed E-state index contributed by atoms with van der Waals surface area (Å²) in [5, 5.41) is 0. The molecule has 1 N–H and O–H groups in total. The molecule has 1 heterocycles. The molecule has 1 aromatic heterocycles. The molecule has 0 saturated carbocycles. The van der Waals surface area contributed by atoms with Gasteiger partial charge in [0.15, 0.2) is 0 Å². The van der Waals surface area contributed by atoms with Crippen molar-refractivity contribution in [1.29, 1.82) is 0 Å². The van der Waals surface area contributed by atoms with Gasteiger partial charge in [0.05, 0.1) is 0 Å². The van der Waals surface area contributed by atoms with Gasteiger partial charge in [-0.3, -0.25) is 0 Å². The Balaban J connectivity index is 0. The Morgan fingerprint density at radius 2 is 1.80 bits per heavy atom. The fraction of sp³-hybridized carbons (Fsp3) is 0.444. The zero-order valence-electron chi connectivity index (χ0n) is 13.4. The zero-order valence-corrected chi connectivity index (χ0v) is 15.1. The minimum absolute atomic E-state index is 0. The normalized spacial score (nSPS) is 10.2. The molecule has 0 spiro atoms. The first-order chi connectivity index (χ1) is 9.24. The van der Waals surface area contributed by atoms with E-state index >= 15 is 0 Å². The van der Waals surface area contributed by atoms with E-state index in [9.17, 15) is 0 Å². The van der Waals surface area contributed by atoms with Crippen molar-refractivity contribution in [3.8, 4) is 0 Å². The first-order valence-corrected chi connectivity index (χ1v) is 7.31. The maximum atomic E-state index is 3.58. The van der Waals surface area contributed by atoms with Crippen LogP contribution in [0, 0.1) is 0 Å². The summed E-state index contributed by atoms with van der Waals surface area (Å²) in [5.41, 5.74) is 4.45. The molecule has 0 bridgehead atoms. The molecule has 0 aliphatic rings. The second-order valence-electron chi connectivity index (χ2n) is 4.31. The first kappa shape index (κ1) is 21.4. The topological polar surface area (TPSA) is 15.8 Å². The second kappa shape index (κ2) is 14.5. The molecule has 0 fully saturated rings. The molecule has 1 aromatic rings. The van der Waals surface area contributed by atoms with E-state index in [1.165, 1.54) is 16.8 Å². The van der Waals surface area contributed by atoms with Crippen LogP contribution in [0.5, 0.6) is 0 Å². The Hall–Kier alpha value is -0.877. The van der Waals surface area contributed by atoms with Crippen LogP contribution in [-0.4, -0.2) is 4.98 Å². The van der Waals surface area contributed by atoms with Gasteiger partial charge < -0.3 is 4.98 Å². The molecular weight excluding hydrogens is 331 g/mol. The van der Waals surface area contributed by atoms with Crippen molar-refractivity contribution in [3.63, 3.8) is 0 Å². The molecule has 0 saturated heterocycles.